The standard InChI is InChI=1S/C13H6F7N/c14-10-9(5-6-21-11(10)13(18,19)20)7-1-3-8(4-2-7)12(15,16)17/h1-6H. The Labute approximate surface area is 114 Å². The molecular weight excluding hydrogens is 303 g/mol. The Morgan fingerprint density at radius 2 is 1.33 bits per heavy atom. The molecule has 0 saturated carbocycles. The number of aromatic nitrogens is 1. The van der Waals surface area contributed by atoms with Crippen LogP contribution in [-0.4, -0.2) is 4.98 Å². The van der Waals surface area contributed by atoms with Crippen LogP contribution in [-0.2, 0) is 12.4 Å². The molecule has 1 heterocycles. The summed E-state index contributed by atoms with van der Waals surface area (Å²) in [6, 6.07) is 4.11. The summed E-state index contributed by atoms with van der Waals surface area (Å²) in [5.74, 6) is -1.62. The summed E-state index contributed by atoms with van der Waals surface area (Å²) in [6.45, 7) is 0. The molecule has 0 radical (unpaired) electrons. The van der Waals surface area contributed by atoms with Gasteiger partial charge in [-0.15, -0.1) is 0 Å². The van der Waals surface area contributed by atoms with Crippen LogP contribution in [0.3, 0.4) is 0 Å². The molecule has 21 heavy (non-hydrogen) atoms. The van der Waals surface area contributed by atoms with E-state index in [-0.39, 0.29) is 5.56 Å². The zero-order valence-corrected chi connectivity index (χ0v) is 10.1. The zero-order chi connectivity index (χ0) is 15.8. The summed E-state index contributed by atoms with van der Waals surface area (Å²) in [5.41, 5.74) is -3.25. The van der Waals surface area contributed by atoms with E-state index in [1.54, 1.807) is 0 Å². The molecule has 0 bridgehead atoms. The van der Waals surface area contributed by atoms with Crippen molar-refractivity contribution in [2.45, 2.75) is 12.4 Å². The van der Waals surface area contributed by atoms with Crippen molar-refractivity contribution < 1.29 is 30.7 Å². The van der Waals surface area contributed by atoms with Crippen molar-refractivity contribution in [3.8, 4) is 11.1 Å². The molecule has 0 fully saturated rings. The molecule has 112 valence electrons. The first kappa shape index (κ1) is 15.3. The largest absolute Gasteiger partial charge is 0.436 e. The van der Waals surface area contributed by atoms with E-state index < -0.39 is 35.0 Å². The van der Waals surface area contributed by atoms with Gasteiger partial charge in [0.2, 0.25) is 0 Å². The molecule has 1 aromatic carbocycles. The van der Waals surface area contributed by atoms with Crippen LogP contribution < -0.4 is 0 Å². The fourth-order valence-corrected chi connectivity index (χ4v) is 1.70. The fourth-order valence-electron chi connectivity index (χ4n) is 1.70. The van der Waals surface area contributed by atoms with E-state index >= 15 is 0 Å². The second-order valence-electron chi connectivity index (χ2n) is 4.09. The highest BCUT2D eigenvalue weighted by Crippen LogP contribution is 2.35. The molecule has 2 rings (SSSR count). The van der Waals surface area contributed by atoms with Crippen molar-refractivity contribution >= 4 is 0 Å². The van der Waals surface area contributed by atoms with E-state index in [1.165, 1.54) is 0 Å². The van der Waals surface area contributed by atoms with Crippen molar-refractivity contribution in [3.63, 3.8) is 0 Å². The van der Waals surface area contributed by atoms with Crippen LogP contribution >= 0.6 is 0 Å². The summed E-state index contributed by atoms with van der Waals surface area (Å²) >= 11 is 0. The van der Waals surface area contributed by atoms with E-state index in [9.17, 15) is 30.7 Å². The van der Waals surface area contributed by atoms with Gasteiger partial charge in [0.15, 0.2) is 11.5 Å². The van der Waals surface area contributed by atoms with Crippen molar-refractivity contribution in [2.75, 3.05) is 0 Å². The third-order valence-corrected chi connectivity index (χ3v) is 2.68. The van der Waals surface area contributed by atoms with Crippen LogP contribution in [0.4, 0.5) is 30.7 Å². The van der Waals surface area contributed by atoms with Gasteiger partial charge < -0.3 is 0 Å². The summed E-state index contributed by atoms with van der Waals surface area (Å²) in [4.78, 5) is 2.91. The number of nitrogens with zero attached hydrogens (tertiary/aromatic N) is 1. The summed E-state index contributed by atoms with van der Waals surface area (Å²) < 4.78 is 88.5. The van der Waals surface area contributed by atoms with Crippen LogP contribution in [0.5, 0.6) is 0 Å². The predicted molar refractivity (Wildman–Crippen MR) is 59.6 cm³/mol. The van der Waals surface area contributed by atoms with Gasteiger partial charge in [-0.3, -0.25) is 0 Å². The van der Waals surface area contributed by atoms with Gasteiger partial charge in [0.25, 0.3) is 0 Å². The van der Waals surface area contributed by atoms with Crippen LogP contribution in [0.1, 0.15) is 11.3 Å². The van der Waals surface area contributed by atoms with Crippen LogP contribution in [0.2, 0.25) is 0 Å². The molecule has 8 heteroatoms. The molecule has 2 aromatic rings. The second-order valence-corrected chi connectivity index (χ2v) is 4.09. The van der Waals surface area contributed by atoms with Gasteiger partial charge in [0.1, 0.15) is 0 Å². The van der Waals surface area contributed by atoms with E-state index in [1.807, 2.05) is 0 Å². The number of rotatable bonds is 1. The van der Waals surface area contributed by atoms with Crippen molar-refractivity contribution in [1.29, 1.82) is 0 Å². The van der Waals surface area contributed by atoms with Crippen molar-refractivity contribution in [3.05, 3.63) is 53.6 Å². The lowest BCUT2D eigenvalue weighted by Crippen LogP contribution is -2.11. The lowest BCUT2D eigenvalue weighted by atomic mass is 10.0. The lowest BCUT2D eigenvalue weighted by molar-refractivity contribution is -0.143. The summed E-state index contributed by atoms with van der Waals surface area (Å²) in [5, 5.41) is 0. The third kappa shape index (κ3) is 3.14. The first-order valence-corrected chi connectivity index (χ1v) is 5.50. The average molecular weight is 309 g/mol. The van der Waals surface area contributed by atoms with Gasteiger partial charge in [-0.1, -0.05) is 12.1 Å². The average Bonchev–Trinajstić information content (AvgIpc) is 2.37. The molecule has 0 aliphatic heterocycles. The topological polar surface area (TPSA) is 12.9 Å². The number of hydrogen-bond donors (Lipinski definition) is 0. The maximum absolute atomic E-state index is 13.8. The van der Waals surface area contributed by atoms with Crippen LogP contribution in [0, 0.1) is 5.82 Å². The minimum Gasteiger partial charge on any atom is -0.249 e. The van der Waals surface area contributed by atoms with Gasteiger partial charge in [-0.2, -0.15) is 26.3 Å². The molecule has 1 aromatic heterocycles. The highest BCUT2D eigenvalue weighted by Gasteiger charge is 2.37. The number of halogens is 7. The molecule has 0 unspecified atom stereocenters. The van der Waals surface area contributed by atoms with E-state index in [4.69, 9.17) is 0 Å². The SMILES string of the molecule is Fc1c(-c2ccc(C(F)(F)F)cc2)ccnc1C(F)(F)F. The molecule has 0 atom stereocenters. The monoisotopic (exact) mass is 309 g/mol. The van der Waals surface area contributed by atoms with E-state index in [0.29, 0.717) is 12.1 Å². The Balaban J connectivity index is 2.48. The highest BCUT2D eigenvalue weighted by molar-refractivity contribution is 5.64. The number of hydrogen-bond acceptors (Lipinski definition) is 1. The molecule has 0 amide bonds. The predicted octanol–water partition coefficient (Wildman–Crippen LogP) is 4.93. The fraction of sp³-hybridized carbons (Fsp3) is 0.154. The Bertz CT molecular complexity index is 641. The van der Waals surface area contributed by atoms with Gasteiger partial charge in [0.05, 0.1) is 5.56 Å². The third-order valence-electron chi connectivity index (χ3n) is 2.68. The van der Waals surface area contributed by atoms with Gasteiger partial charge in [0, 0.05) is 11.8 Å². The molecule has 0 saturated heterocycles. The maximum Gasteiger partial charge on any atom is 0.436 e. The van der Waals surface area contributed by atoms with Crippen LogP contribution in [0.25, 0.3) is 11.1 Å². The van der Waals surface area contributed by atoms with Gasteiger partial charge >= 0.3 is 12.4 Å². The normalized spacial score (nSPS) is 12.5. The van der Waals surface area contributed by atoms with E-state index in [0.717, 1.165) is 24.4 Å². The van der Waals surface area contributed by atoms with Crippen molar-refractivity contribution in [1.82, 2.24) is 4.98 Å². The van der Waals surface area contributed by atoms with Gasteiger partial charge in [-0.25, -0.2) is 9.37 Å². The molecule has 0 spiro atoms. The number of benzene rings is 1. The summed E-state index contributed by atoms with van der Waals surface area (Å²) in [7, 11) is 0. The minimum absolute atomic E-state index is 0.103. The second kappa shape index (κ2) is 5.01. The first-order valence-electron chi connectivity index (χ1n) is 5.50. The molecule has 0 aliphatic rings. The number of alkyl halides is 6. The summed E-state index contributed by atoms with van der Waals surface area (Å²) in [6.07, 6.45) is -8.81. The quantitative estimate of drug-likeness (QED) is 0.681. The minimum atomic E-state index is -4.98. The Morgan fingerprint density at radius 3 is 1.81 bits per heavy atom. The first-order chi connectivity index (χ1) is 9.60. The number of pyridine rings is 1. The Morgan fingerprint density at radius 1 is 0.762 bits per heavy atom. The molecule has 1 nitrogen and oxygen atoms in total. The highest BCUT2D eigenvalue weighted by atomic mass is 19.4. The van der Waals surface area contributed by atoms with Crippen LogP contribution in [0.15, 0.2) is 36.5 Å². The van der Waals surface area contributed by atoms with E-state index in [2.05, 4.69) is 4.98 Å². The molecular formula is C13H6F7N. The molecule has 0 N–H and O–H groups in total. The Kier molecular flexibility index (Phi) is 3.65. The molecule has 0 aliphatic carbocycles. The smallest absolute Gasteiger partial charge is 0.249 e. The Hall–Kier alpha value is -2.12. The lowest BCUT2D eigenvalue weighted by Gasteiger charge is -2.11. The van der Waals surface area contributed by atoms with Crippen molar-refractivity contribution in [2.24, 2.45) is 0 Å². The maximum atomic E-state index is 13.8. The van der Waals surface area contributed by atoms with Gasteiger partial charge in [-0.05, 0) is 23.8 Å². The zero-order valence-electron chi connectivity index (χ0n) is 10.1.